The molecule has 1 heteroatoms. The molecule has 0 amide bonds. The van der Waals surface area contributed by atoms with Gasteiger partial charge in [-0.25, -0.2) is 0 Å². The van der Waals surface area contributed by atoms with Crippen LogP contribution in [0.25, 0.3) is 87.6 Å². The van der Waals surface area contributed by atoms with Crippen molar-refractivity contribution in [2.24, 2.45) is 0 Å². The topological polar surface area (TPSA) is 13.1 Å². The number of hydrogen-bond acceptors (Lipinski definition) is 1. The third-order valence-electron chi connectivity index (χ3n) is 8.08. The molecule has 200 valence electrons. The Labute approximate surface area is 264 Å². The second-order valence-electron chi connectivity index (χ2n) is 10.5. The highest BCUT2D eigenvalue weighted by atomic mass is 16.3. The Morgan fingerprint density at radius 1 is 0.395 bits per heavy atom. The van der Waals surface area contributed by atoms with Gasteiger partial charge in [-0.15, -0.1) is 0 Å². The number of furan rings is 1. The van der Waals surface area contributed by atoms with Gasteiger partial charge >= 0.3 is 0 Å². The fourth-order valence-corrected chi connectivity index (χ4v) is 6.10. The summed E-state index contributed by atoms with van der Waals surface area (Å²) < 4.78 is 100. The van der Waals surface area contributed by atoms with E-state index in [0.29, 0.717) is 38.2 Å². The van der Waals surface area contributed by atoms with Gasteiger partial charge in [-0.05, 0) is 89.9 Å². The summed E-state index contributed by atoms with van der Waals surface area (Å²) in [6, 6.07) is 25.2. The summed E-state index contributed by atoms with van der Waals surface area (Å²) in [5.41, 5.74) is 3.20. The molecule has 0 saturated carbocycles. The fraction of sp³-hybridized carbons (Fsp3) is 0. The first-order chi connectivity index (χ1) is 25.8. The van der Waals surface area contributed by atoms with Crippen LogP contribution < -0.4 is 0 Å². The smallest absolute Gasteiger partial charge is 0.135 e. The van der Waals surface area contributed by atoms with Crippen molar-refractivity contribution in [1.82, 2.24) is 0 Å². The summed E-state index contributed by atoms with van der Waals surface area (Å²) in [5, 5.41) is 4.85. The van der Waals surface area contributed by atoms with Crippen molar-refractivity contribution >= 4 is 54.3 Å². The number of hydrogen-bond donors (Lipinski definition) is 0. The summed E-state index contributed by atoms with van der Waals surface area (Å²) >= 11 is 0. The zero-order valence-corrected chi connectivity index (χ0v) is 22.6. The zero-order valence-electron chi connectivity index (χ0n) is 33.6. The molecule has 9 rings (SSSR count). The van der Waals surface area contributed by atoms with Crippen molar-refractivity contribution in [3.63, 3.8) is 0 Å². The van der Waals surface area contributed by atoms with E-state index in [1.807, 2.05) is 36.4 Å². The van der Waals surface area contributed by atoms with E-state index < -0.39 is 24.2 Å². The first-order valence-electron chi connectivity index (χ1n) is 19.4. The van der Waals surface area contributed by atoms with Gasteiger partial charge in [0.2, 0.25) is 0 Å². The van der Waals surface area contributed by atoms with Crippen molar-refractivity contribution in [2.45, 2.75) is 0 Å². The molecule has 0 fully saturated rings. The van der Waals surface area contributed by atoms with Crippen LogP contribution in [0.4, 0.5) is 0 Å². The number of benzene rings is 8. The van der Waals surface area contributed by atoms with E-state index in [9.17, 15) is 1.37 Å². The van der Waals surface area contributed by atoms with Gasteiger partial charge < -0.3 is 4.42 Å². The Morgan fingerprint density at radius 3 is 1.70 bits per heavy atom. The normalized spacial score (nSPS) is 15.3. The van der Waals surface area contributed by atoms with E-state index in [4.69, 9.17) is 18.1 Å². The highest BCUT2D eigenvalue weighted by molar-refractivity contribution is 6.21. The van der Waals surface area contributed by atoms with Crippen LogP contribution in [0.3, 0.4) is 0 Å². The van der Waals surface area contributed by atoms with Gasteiger partial charge in [0.1, 0.15) is 11.2 Å². The van der Waals surface area contributed by atoms with Crippen molar-refractivity contribution in [1.29, 1.82) is 0 Å². The first kappa shape index (κ1) is 15.5. The quantitative estimate of drug-likeness (QED) is 0.197. The van der Waals surface area contributed by atoms with Crippen LogP contribution in [-0.2, 0) is 0 Å². The molecule has 0 radical (unpaired) electrons. The van der Waals surface area contributed by atoms with Gasteiger partial charge in [0.25, 0.3) is 0 Å². The van der Waals surface area contributed by atoms with Crippen LogP contribution in [0.1, 0.15) is 15.1 Å². The largest absolute Gasteiger partial charge is 0.456 e. The van der Waals surface area contributed by atoms with E-state index in [2.05, 4.69) is 6.07 Å². The molecule has 1 aromatic heterocycles. The van der Waals surface area contributed by atoms with Crippen molar-refractivity contribution in [3.8, 4) is 33.4 Å². The summed E-state index contributed by atoms with van der Waals surface area (Å²) in [7, 11) is 0. The minimum absolute atomic E-state index is 0.0169. The maximum atomic E-state index is 9.19. The second kappa shape index (κ2) is 9.44. The lowest BCUT2D eigenvalue weighted by molar-refractivity contribution is 0.669. The highest BCUT2D eigenvalue weighted by Gasteiger charge is 2.17. The summed E-state index contributed by atoms with van der Waals surface area (Å²) in [6.07, 6.45) is 0. The average Bonchev–Trinajstić information content (AvgIpc) is 3.58. The number of rotatable bonds is 3. The standard InChI is InChI=1S/C42H26O/c1-2-10-30-25-32(22-19-27(30)9-1)42-36-14-5-3-12-34(36)41(35-13-4-6-15-37(35)42)29-20-17-28(18-21-29)31-23-24-40-38(26-31)33-11-7-8-16-39(33)43-40/h1-26H/i3D,4D,5D,6D,7D,8D,11D,16D,23D,24D,26D. The van der Waals surface area contributed by atoms with Crippen molar-refractivity contribution in [3.05, 3.63) is 157 Å². The third kappa shape index (κ3) is 3.79. The molecule has 0 N–H and O–H groups in total. The zero-order chi connectivity index (χ0) is 37.9. The second-order valence-corrected chi connectivity index (χ2v) is 10.5. The van der Waals surface area contributed by atoms with Gasteiger partial charge in [-0.3, -0.25) is 0 Å². The first-order valence-corrected chi connectivity index (χ1v) is 13.9. The summed E-state index contributed by atoms with van der Waals surface area (Å²) in [4.78, 5) is 0. The number of para-hydroxylation sites is 1. The molecule has 9 aromatic rings. The van der Waals surface area contributed by atoms with Crippen LogP contribution in [0, 0.1) is 0 Å². The number of fused-ring (bicyclic) bond motifs is 6. The van der Waals surface area contributed by atoms with Crippen LogP contribution in [-0.4, -0.2) is 0 Å². The molecular weight excluding hydrogens is 520 g/mol. The minimum atomic E-state index is -0.496. The molecule has 0 spiro atoms. The van der Waals surface area contributed by atoms with Crippen molar-refractivity contribution < 1.29 is 19.5 Å². The Morgan fingerprint density at radius 2 is 0.977 bits per heavy atom. The molecule has 43 heavy (non-hydrogen) atoms. The molecular formula is C42H26O. The Bertz CT molecular complexity index is 3040. The molecule has 0 aliphatic heterocycles. The molecule has 0 aliphatic carbocycles. The van der Waals surface area contributed by atoms with Gasteiger partial charge in [-0.1, -0.05) is 133 Å². The van der Waals surface area contributed by atoms with E-state index >= 15 is 0 Å². The van der Waals surface area contributed by atoms with Gasteiger partial charge in [0.05, 0.1) is 15.1 Å². The Balaban J connectivity index is 1.31. The molecule has 0 bridgehead atoms. The molecule has 8 aromatic carbocycles. The predicted octanol–water partition coefficient (Wildman–Crippen LogP) is 12.0. The molecule has 0 saturated heterocycles. The van der Waals surface area contributed by atoms with Crippen LogP contribution in [0.2, 0.25) is 0 Å². The lowest BCUT2D eigenvalue weighted by atomic mass is 9.85. The third-order valence-corrected chi connectivity index (χ3v) is 8.08. The SMILES string of the molecule is [2H]c1cc2c(-c3ccc(-c4c([2H])c([2H])c5oc6c([2H])c([2H])c([2H])c([2H])c6c5c4[2H])cc3)c3cc([2H])c([2H])cc3c(-c3ccc4ccccc4c3)c2cc1[2H]. The van der Waals surface area contributed by atoms with Crippen LogP contribution in [0.5, 0.6) is 0 Å². The van der Waals surface area contributed by atoms with E-state index in [-0.39, 0.29) is 69.8 Å². The molecule has 1 heterocycles. The van der Waals surface area contributed by atoms with Gasteiger partial charge in [-0.2, -0.15) is 0 Å². The van der Waals surface area contributed by atoms with Gasteiger partial charge in [0, 0.05) is 10.8 Å². The maximum absolute atomic E-state index is 9.19. The van der Waals surface area contributed by atoms with E-state index in [1.165, 1.54) is 0 Å². The lowest BCUT2D eigenvalue weighted by Gasteiger charge is -2.18. The molecule has 0 atom stereocenters. The molecule has 0 aliphatic rings. The minimum Gasteiger partial charge on any atom is -0.456 e. The predicted molar refractivity (Wildman–Crippen MR) is 183 cm³/mol. The van der Waals surface area contributed by atoms with Crippen molar-refractivity contribution in [2.75, 3.05) is 0 Å². The van der Waals surface area contributed by atoms with E-state index in [0.717, 1.165) is 21.9 Å². The molecule has 0 unspecified atom stereocenters. The highest BCUT2D eigenvalue weighted by Crippen LogP contribution is 2.44. The summed E-state index contributed by atoms with van der Waals surface area (Å²) in [6.45, 7) is 0. The Kier molecular flexibility index (Phi) is 3.41. The van der Waals surface area contributed by atoms with Crippen LogP contribution >= 0.6 is 0 Å². The molecule has 1 nitrogen and oxygen atoms in total. The fourth-order valence-electron chi connectivity index (χ4n) is 6.10. The Hall–Kier alpha value is -5.66. The van der Waals surface area contributed by atoms with Gasteiger partial charge in [0.15, 0.2) is 0 Å². The summed E-state index contributed by atoms with van der Waals surface area (Å²) in [5.74, 6) is 0. The maximum Gasteiger partial charge on any atom is 0.135 e. The monoisotopic (exact) mass is 557 g/mol. The lowest BCUT2D eigenvalue weighted by Crippen LogP contribution is -1.91. The van der Waals surface area contributed by atoms with E-state index in [1.54, 1.807) is 48.5 Å². The van der Waals surface area contributed by atoms with Crippen LogP contribution in [0.15, 0.2) is 162 Å². The average molecular weight is 558 g/mol.